The highest BCUT2D eigenvalue weighted by Crippen LogP contribution is 2.42. The van der Waals surface area contributed by atoms with Crippen molar-refractivity contribution < 1.29 is 22.7 Å². The highest BCUT2D eigenvalue weighted by atomic mass is 35.5. The zero-order chi connectivity index (χ0) is 20.7. The van der Waals surface area contributed by atoms with Gasteiger partial charge in [0.25, 0.3) is 0 Å². The lowest BCUT2D eigenvalue weighted by molar-refractivity contribution is -0.141. The molecule has 10 heteroatoms. The molecule has 0 unspecified atom stereocenters. The van der Waals surface area contributed by atoms with E-state index in [0.717, 1.165) is 19.3 Å². The molecule has 3 rings (SSSR count). The van der Waals surface area contributed by atoms with Crippen LogP contribution in [0.25, 0.3) is 0 Å². The van der Waals surface area contributed by atoms with Crippen molar-refractivity contribution in [3.63, 3.8) is 0 Å². The Morgan fingerprint density at radius 1 is 1.18 bits per heavy atom. The fourth-order valence-corrected chi connectivity index (χ4v) is 3.92. The lowest BCUT2D eigenvalue weighted by Crippen LogP contribution is -2.46. The number of halogens is 4. The van der Waals surface area contributed by atoms with Crippen LogP contribution < -0.4 is 4.90 Å². The van der Waals surface area contributed by atoms with Crippen molar-refractivity contribution >= 4 is 23.5 Å². The van der Waals surface area contributed by atoms with E-state index in [1.54, 1.807) is 4.90 Å². The summed E-state index contributed by atoms with van der Waals surface area (Å²) in [4.78, 5) is 23.1. The van der Waals surface area contributed by atoms with Gasteiger partial charge in [0.15, 0.2) is 10.8 Å². The molecule has 156 valence electrons. The molecule has 28 heavy (non-hydrogen) atoms. The number of anilines is 1. The van der Waals surface area contributed by atoms with Gasteiger partial charge in [0.2, 0.25) is 0 Å². The maximum atomic E-state index is 13.0. The van der Waals surface area contributed by atoms with E-state index in [1.165, 1.54) is 6.20 Å². The molecule has 2 saturated heterocycles. The number of nitrogens with zero attached hydrogens (tertiary/aromatic N) is 4. The largest absolute Gasteiger partial charge is 0.444 e. The van der Waals surface area contributed by atoms with E-state index in [4.69, 9.17) is 16.3 Å². The smallest absolute Gasteiger partial charge is 0.436 e. The van der Waals surface area contributed by atoms with Crippen molar-refractivity contribution in [3.05, 3.63) is 17.0 Å². The summed E-state index contributed by atoms with van der Waals surface area (Å²) in [5.74, 6) is 0.183. The number of rotatable bonds is 1. The van der Waals surface area contributed by atoms with Crippen LogP contribution in [0.1, 0.15) is 45.7 Å². The first-order chi connectivity index (χ1) is 12.9. The first kappa shape index (κ1) is 21.0. The van der Waals surface area contributed by atoms with Gasteiger partial charge in [0.05, 0.1) is 6.20 Å². The molecule has 1 spiro atoms. The summed E-state index contributed by atoms with van der Waals surface area (Å²) in [5.41, 5.74) is -1.75. The van der Waals surface area contributed by atoms with Crippen LogP contribution in [-0.2, 0) is 10.9 Å². The minimum absolute atomic E-state index is 0.0434. The minimum Gasteiger partial charge on any atom is -0.444 e. The van der Waals surface area contributed by atoms with Crippen LogP contribution in [0, 0.1) is 5.41 Å². The average Bonchev–Trinajstić information content (AvgIpc) is 2.97. The van der Waals surface area contributed by atoms with E-state index in [-0.39, 0.29) is 17.3 Å². The third kappa shape index (κ3) is 4.61. The number of alkyl halides is 3. The predicted molar refractivity (Wildman–Crippen MR) is 98.3 cm³/mol. The van der Waals surface area contributed by atoms with E-state index in [2.05, 4.69) is 9.97 Å². The Kier molecular flexibility index (Phi) is 5.42. The first-order valence-electron chi connectivity index (χ1n) is 9.21. The topological polar surface area (TPSA) is 58.6 Å². The van der Waals surface area contributed by atoms with Gasteiger partial charge >= 0.3 is 12.3 Å². The SMILES string of the molecule is CC(C)(C)OC(=O)N1CCC2(CC1)CCN(c1cnc(Cl)c(C(F)(F)F)n1)C2. The Bertz CT molecular complexity index is 743. The van der Waals surface area contributed by atoms with Gasteiger partial charge in [-0.2, -0.15) is 13.2 Å². The Morgan fingerprint density at radius 2 is 1.79 bits per heavy atom. The van der Waals surface area contributed by atoms with E-state index >= 15 is 0 Å². The highest BCUT2D eigenvalue weighted by Gasteiger charge is 2.43. The maximum Gasteiger partial charge on any atom is 0.436 e. The molecule has 2 aliphatic heterocycles. The second-order valence-corrected chi connectivity index (χ2v) is 8.86. The third-order valence-corrected chi connectivity index (χ3v) is 5.50. The van der Waals surface area contributed by atoms with Crippen LogP contribution in [-0.4, -0.2) is 52.7 Å². The molecule has 1 aromatic rings. The van der Waals surface area contributed by atoms with Crippen LogP contribution in [0.3, 0.4) is 0 Å². The van der Waals surface area contributed by atoms with E-state index in [9.17, 15) is 18.0 Å². The number of aromatic nitrogens is 2. The van der Waals surface area contributed by atoms with Crippen molar-refractivity contribution in [2.24, 2.45) is 5.41 Å². The summed E-state index contributed by atoms with van der Waals surface area (Å²) in [7, 11) is 0. The Balaban J connectivity index is 1.64. The van der Waals surface area contributed by atoms with Gasteiger partial charge < -0.3 is 14.5 Å². The monoisotopic (exact) mass is 420 g/mol. The van der Waals surface area contributed by atoms with Crippen molar-refractivity contribution in [1.82, 2.24) is 14.9 Å². The molecule has 2 fully saturated rings. The Hall–Kier alpha value is -1.77. The Labute approximate surface area is 167 Å². The van der Waals surface area contributed by atoms with Crippen molar-refractivity contribution in [2.45, 2.75) is 51.8 Å². The van der Waals surface area contributed by atoms with E-state index < -0.39 is 22.6 Å². The zero-order valence-electron chi connectivity index (χ0n) is 16.1. The predicted octanol–water partition coefficient (Wildman–Crippen LogP) is 4.38. The summed E-state index contributed by atoms with van der Waals surface area (Å²) in [5, 5.41) is -0.643. The second kappa shape index (κ2) is 7.24. The molecular formula is C18H24ClF3N4O2. The number of carbonyl (C=O) groups is 1. The summed E-state index contributed by atoms with van der Waals surface area (Å²) in [6.07, 6.45) is -1.30. The molecule has 0 radical (unpaired) electrons. The van der Waals surface area contributed by atoms with Crippen LogP contribution in [0.2, 0.25) is 5.15 Å². The van der Waals surface area contributed by atoms with Gasteiger partial charge in [-0.25, -0.2) is 14.8 Å². The van der Waals surface area contributed by atoms with Gasteiger partial charge in [0, 0.05) is 26.2 Å². The van der Waals surface area contributed by atoms with Crippen molar-refractivity contribution in [1.29, 1.82) is 0 Å². The number of piperidine rings is 1. The summed E-state index contributed by atoms with van der Waals surface area (Å²) < 4.78 is 44.5. The molecule has 1 amide bonds. The normalized spacial score (nSPS) is 20.0. The molecule has 1 aromatic heterocycles. The third-order valence-electron chi connectivity index (χ3n) is 5.22. The number of amides is 1. The van der Waals surface area contributed by atoms with Crippen molar-refractivity contribution in [3.8, 4) is 0 Å². The molecule has 0 aromatic carbocycles. The van der Waals surface area contributed by atoms with Gasteiger partial charge in [-0.15, -0.1) is 0 Å². The molecule has 0 saturated carbocycles. The summed E-state index contributed by atoms with van der Waals surface area (Å²) in [6, 6.07) is 0. The summed E-state index contributed by atoms with van der Waals surface area (Å²) >= 11 is 5.56. The second-order valence-electron chi connectivity index (χ2n) is 8.50. The summed E-state index contributed by atoms with van der Waals surface area (Å²) in [6.45, 7) is 7.81. The molecule has 0 N–H and O–H groups in total. The number of hydrogen-bond donors (Lipinski definition) is 0. The van der Waals surface area contributed by atoms with Crippen LogP contribution in [0.4, 0.5) is 23.8 Å². The minimum atomic E-state index is -4.64. The molecule has 0 aliphatic carbocycles. The lowest BCUT2D eigenvalue weighted by Gasteiger charge is -2.39. The maximum absolute atomic E-state index is 13.0. The molecule has 2 aliphatic rings. The number of ether oxygens (including phenoxy) is 1. The van der Waals surface area contributed by atoms with E-state index in [1.807, 2.05) is 25.7 Å². The number of hydrogen-bond acceptors (Lipinski definition) is 5. The van der Waals surface area contributed by atoms with Gasteiger partial charge in [-0.05, 0) is 45.4 Å². The van der Waals surface area contributed by atoms with Crippen molar-refractivity contribution in [2.75, 3.05) is 31.1 Å². The standard InChI is InChI=1S/C18H24ClF3N4O2/c1-16(2,3)28-15(27)25-7-4-17(5-8-25)6-9-26(11-17)12-10-23-14(19)13(24-12)18(20,21)22/h10H,4-9,11H2,1-3H3. The number of carbonyl (C=O) groups excluding carboxylic acids is 1. The van der Waals surface area contributed by atoms with Crippen LogP contribution >= 0.6 is 11.6 Å². The first-order valence-corrected chi connectivity index (χ1v) is 9.59. The zero-order valence-corrected chi connectivity index (χ0v) is 16.9. The van der Waals surface area contributed by atoms with Crippen LogP contribution in [0.5, 0.6) is 0 Å². The van der Waals surface area contributed by atoms with Gasteiger partial charge in [0.1, 0.15) is 11.4 Å². The molecule has 0 bridgehead atoms. The molecule has 3 heterocycles. The molecule has 0 atom stereocenters. The lowest BCUT2D eigenvalue weighted by atomic mass is 9.78. The fourth-order valence-electron chi connectivity index (χ4n) is 3.73. The molecule has 6 nitrogen and oxygen atoms in total. The average molecular weight is 421 g/mol. The number of likely N-dealkylation sites (tertiary alicyclic amines) is 1. The van der Waals surface area contributed by atoms with E-state index in [0.29, 0.717) is 26.2 Å². The molecular weight excluding hydrogens is 397 g/mol. The fraction of sp³-hybridized carbons (Fsp3) is 0.722. The quantitative estimate of drug-likeness (QED) is 0.675. The Morgan fingerprint density at radius 3 is 2.36 bits per heavy atom. The van der Waals surface area contributed by atoms with Crippen LogP contribution in [0.15, 0.2) is 6.20 Å². The van der Waals surface area contributed by atoms with Gasteiger partial charge in [-0.1, -0.05) is 11.6 Å². The van der Waals surface area contributed by atoms with Gasteiger partial charge in [-0.3, -0.25) is 0 Å². The highest BCUT2D eigenvalue weighted by molar-refractivity contribution is 6.30.